The molecule has 0 amide bonds. The SMILES string of the molecule is CNCC1(c2ccc(OC)cc2)CC2(CCOCC2)C1. The Bertz CT molecular complexity index is 441. The van der Waals surface area contributed by atoms with Gasteiger partial charge in [0.1, 0.15) is 5.75 Å². The average Bonchev–Trinajstić information content (AvgIpc) is 2.47. The maximum absolute atomic E-state index is 5.53. The Labute approximate surface area is 121 Å². The van der Waals surface area contributed by atoms with Crippen LogP contribution in [0.2, 0.25) is 0 Å². The molecule has 1 aliphatic carbocycles. The molecule has 20 heavy (non-hydrogen) atoms. The van der Waals surface area contributed by atoms with Gasteiger partial charge >= 0.3 is 0 Å². The fraction of sp³-hybridized carbons (Fsp3) is 0.647. The van der Waals surface area contributed by atoms with Crippen LogP contribution in [0.4, 0.5) is 0 Å². The summed E-state index contributed by atoms with van der Waals surface area (Å²) in [6.07, 6.45) is 5.04. The number of hydrogen-bond donors (Lipinski definition) is 1. The smallest absolute Gasteiger partial charge is 0.118 e. The van der Waals surface area contributed by atoms with E-state index in [4.69, 9.17) is 9.47 Å². The fourth-order valence-corrected chi connectivity index (χ4v) is 4.26. The molecule has 1 aromatic carbocycles. The monoisotopic (exact) mass is 275 g/mol. The first-order valence-electron chi connectivity index (χ1n) is 7.59. The molecule has 110 valence electrons. The third kappa shape index (κ3) is 2.33. The van der Waals surface area contributed by atoms with Gasteiger partial charge in [0.15, 0.2) is 0 Å². The quantitative estimate of drug-likeness (QED) is 0.916. The van der Waals surface area contributed by atoms with Gasteiger partial charge in [0.25, 0.3) is 0 Å². The van der Waals surface area contributed by atoms with Gasteiger partial charge in [0.05, 0.1) is 7.11 Å². The second-order valence-corrected chi connectivity index (χ2v) is 6.51. The number of benzene rings is 1. The normalized spacial score (nSPS) is 23.3. The Morgan fingerprint density at radius 2 is 1.80 bits per heavy atom. The predicted octanol–water partition coefficient (Wildman–Crippen LogP) is 2.74. The Morgan fingerprint density at radius 3 is 2.35 bits per heavy atom. The van der Waals surface area contributed by atoms with Gasteiger partial charge in [-0.05, 0) is 55.8 Å². The lowest BCUT2D eigenvalue weighted by Gasteiger charge is -2.58. The lowest BCUT2D eigenvalue weighted by Crippen LogP contribution is -2.56. The highest BCUT2D eigenvalue weighted by Gasteiger charge is 2.54. The van der Waals surface area contributed by atoms with E-state index in [0.717, 1.165) is 25.5 Å². The molecule has 2 aliphatic rings. The number of likely N-dealkylation sites (N-methyl/N-ethyl adjacent to an activating group) is 1. The summed E-state index contributed by atoms with van der Waals surface area (Å²) >= 11 is 0. The molecule has 2 fully saturated rings. The average molecular weight is 275 g/mol. The number of ether oxygens (including phenoxy) is 2. The molecule has 3 heteroatoms. The first-order valence-corrected chi connectivity index (χ1v) is 7.59. The Hall–Kier alpha value is -1.06. The first-order chi connectivity index (χ1) is 9.72. The van der Waals surface area contributed by atoms with Crippen LogP contribution in [0.1, 0.15) is 31.2 Å². The minimum atomic E-state index is 0.304. The summed E-state index contributed by atoms with van der Waals surface area (Å²) in [5, 5.41) is 3.40. The summed E-state index contributed by atoms with van der Waals surface area (Å²) in [6, 6.07) is 8.65. The van der Waals surface area contributed by atoms with Gasteiger partial charge < -0.3 is 14.8 Å². The van der Waals surface area contributed by atoms with Crippen molar-refractivity contribution in [2.45, 2.75) is 31.1 Å². The molecule has 0 atom stereocenters. The van der Waals surface area contributed by atoms with E-state index in [-0.39, 0.29) is 0 Å². The molecule has 1 aromatic rings. The molecule has 0 aromatic heterocycles. The fourth-order valence-electron chi connectivity index (χ4n) is 4.26. The minimum absolute atomic E-state index is 0.304. The molecule has 1 saturated heterocycles. The van der Waals surface area contributed by atoms with Crippen LogP contribution >= 0.6 is 0 Å². The number of methoxy groups -OCH3 is 1. The van der Waals surface area contributed by atoms with E-state index in [9.17, 15) is 0 Å². The van der Waals surface area contributed by atoms with E-state index in [2.05, 4.69) is 36.6 Å². The summed E-state index contributed by atoms with van der Waals surface area (Å²) in [5.41, 5.74) is 2.29. The largest absolute Gasteiger partial charge is 0.497 e. The molecular weight excluding hydrogens is 250 g/mol. The van der Waals surface area contributed by atoms with E-state index >= 15 is 0 Å². The highest BCUT2D eigenvalue weighted by atomic mass is 16.5. The van der Waals surface area contributed by atoms with Crippen molar-refractivity contribution < 1.29 is 9.47 Å². The summed E-state index contributed by atoms with van der Waals surface area (Å²) in [7, 11) is 3.78. The van der Waals surface area contributed by atoms with Gasteiger partial charge in [0, 0.05) is 25.2 Å². The Kier molecular flexibility index (Phi) is 3.74. The van der Waals surface area contributed by atoms with E-state index in [1.165, 1.54) is 31.2 Å². The second-order valence-electron chi connectivity index (χ2n) is 6.51. The molecule has 1 spiro atoms. The Morgan fingerprint density at radius 1 is 1.15 bits per heavy atom. The van der Waals surface area contributed by atoms with Gasteiger partial charge in [-0.3, -0.25) is 0 Å². The lowest BCUT2D eigenvalue weighted by atomic mass is 9.48. The molecule has 0 unspecified atom stereocenters. The van der Waals surface area contributed by atoms with Crippen molar-refractivity contribution >= 4 is 0 Å². The molecule has 1 N–H and O–H groups in total. The van der Waals surface area contributed by atoms with Gasteiger partial charge in [-0.1, -0.05) is 12.1 Å². The third-order valence-corrected chi connectivity index (χ3v) is 5.20. The zero-order valence-electron chi connectivity index (χ0n) is 12.6. The lowest BCUT2D eigenvalue weighted by molar-refractivity contribution is -0.0732. The van der Waals surface area contributed by atoms with E-state index in [1.54, 1.807) is 7.11 Å². The predicted molar refractivity (Wildman–Crippen MR) is 80.3 cm³/mol. The van der Waals surface area contributed by atoms with Gasteiger partial charge in [-0.25, -0.2) is 0 Å². The van der Waals surface area contributed by atoms with E-state index < -0.39 is 0 Å². The second kappa shape index (κ2) is 5.38. The van der Waals surface area contributed by atoms with Crippen LogP contribution in [0.5, 0.6) is 5.75 Å². The van der Waals surface area contributed by atoms with Crippen LogP contribution in [-0.2, 0) is 10.2 Å². The highest BCUT2D eigenvalue weighted by Crippen LogP contribution is 2.60. The standard InChI is InChI=1S/C17H25NO2/c1-18-13-17(14-3-5-15(19-2)6-4-14)11-16(12-17)7-9-20-10-8-16/h3-6,18H,7-13H2,1-2H3. The molecule has 1 aliphatic heterocycles. The van der Waals surface area contributed by atoms with Crippen LogP contribution in [0.25, 0.3) is 0 Å². The zero-order chi connectivity index (χ0) is 14.1. The minimum Gasteiger partial charge on any atom is -0.497 e. The summed E-state index contributed by atoms with van der Waals surface area (Å²) in [5.74, 6) is 0.938. The third-order valence-electron chi connectivity index (χ3n) is 5.20. The van der Waals surface area contributed by atoms with Crippen molar-refractivity contribution in [3.05, 3.63) is 29.8 Å². The summed E-state index contributed by atoms with van der Waals surface area (Å²) in [6.45, 7) is 2.94. The number of hydrogen-bond acceptors (Lipinski definition) is 3. The molecule has 0 radical (unpaired) electrons. The zero-order valence-corrected chi connectivity index (χ0v) is 12.6. The summed E-state index contributed by atoms with van der Waals surface area (Å²) in [4.78, 5) is 0. The summed E-state index contributed by atoms with van der Waals surface area (Å²) < 4.78 is 10.8. The van der Waals surface area contributed by atoms with Crippen molar-refractivity contribution in [2.75, 3.05) is 33.9 Å². The van der Waals surface area contributed by atoms with Crippen molar-refractivity contribution in [1.82, 2.24) is 5.32 Å². The molecule has 1 saturated carbocycles. The van der Waals surface area contributed by atoms with Crippen LogP contribution < -0.4 is 10.1 Å². The van der Waals surface area contributed by atoms with E-state index in [1.807, 2.05) is 0 Å². The van der Waals surface area contributed by atoms with Crippen molar-refractivity contribution in [1.29, 1.82) is 0 Å². The van der Waals surface area contributed by atoms with Crippen LogP contribution in [0.15, 0.2) is 24.3 Å². The molecular formula is C17H25NO2. The highest BCUT2D eigenvalue weighted by molar-refractivity contribution is 5.36. The Balaban J connectivity index is 1.79. The maximum atomic E-state index is 5.53. The van der Waals surface area contributed by atoms with Crippen molar-refractivity contribution in [3.8, 4) is 5.75 Å². The van der Waals surface area contributed by atoms with Crippen LogP contribution in [0.3, 0.4) is 0 Å². The first kappa shape index (κ1) is 13.9. The molecule has 1 heterocycles. The van der Waals surface area contributed by atoms with Crippen molar-refractivity contribution in [2.24, 2.45) is 5.41 Å². The van der Waals surface area contributed by atoms with Gasteiger partial charge in [-0.2, -0.15) is 0 Å². The molecule has 3 rings (SSSR count). The number of nitrogens with one attached hydrogen (secondary N) is 1. The maximum Gasteiger partial charge on any atom is 0.118 e. The molecule has 3 nitrogen and oxygen atoms in total. The van der Waals surface area contributed by atoms with Gasteiger partial charge in [-0.15, -0.1) is 0 Å². The number of rotatable bonds is 4. The van der Waals surface area contributed by atoms with Crippen LogP contribution in [-0.4, -0.2) is 33.9 Å². The van der Waals surface area contributed by atoms with Crippen molar-refractivity contribution in [3.63, 3.8) is 0 Å². The molecule has 0 bridgehead atoms. The van der Waals surface area contributed by atoms with Gasteiger partial charge in [0.2, 0.25) is 0 Å². The van der Waals surface area contributed by atoms with E-state index in [0.29, 0.717) is 10.8 Å². The topological polar surface area (TPSA) is 30.5 Å². The van der Waals surface area contributed by atoms with Crippen LogP contribution in [0, 0.1) is 5.41 Å².